The molecule has 2 nitrogen and oxygen atoms in total. The summed E-state index contributed by atoms with van der Waals surface area (Å²) in [5, 5.41) is 0.410. The maximum atomic E-state index is 12.5. The van der Waals surface area contributed by atoms with E-state index in [0.717, 1.165) is 11.1 Å². The van der Waals surface area contributed by atoms with E-state index in [9.17, 15) is 8.42 Å². The first-order valence-corrected chi connectivity index (χ1v) is 7.83. The largest absolute Gasteiger partial charge is 0.218 e. The molecule has 0 saturated heterocycles. The van der Waals surface area contributed by atoms with Crippen LogP contribution in [0, 0.1) is 13.8 Å². The summed E-state index contributed by atoms with van der Waals surface area (Å²) in [6.07, 6.45) is 0. The van der Waals surface area contributed by atoms with Gasteiger partial charge in [0.25, 0.3) is 0 Å². The van der Waals surface area contributed by atoms with E-state index in [-0.39, 0.29) is 19.8 Å². The van der Waals surface area contributed by atoms with Crippen molar-refractivity contribution in [1.82, 2.24) is 0 Å². The molecule has 0 N–H and O–H groups in total. The molecule has 0 heterocycles. The first kappa shape index (κ1) is 14.4. The summed E-state index contributed by atoms with van der Waals surface area (Å²) >= 11 is 12.1. The minimum Gasteiger partial charge on any atom is -0.218 e. The van der Waals surface area contributed by atoms with E-state index in [0.29, 0.717) is 0 Å². The van der Waals surface area contributed by atoms with Gasteiger partial charge in [0.1, 0.15) is 0 Å². The second-order valence-electron chi connectivity index (χ2n) is 4.37. The Morgan fingerprint density at radius 1 is 0.789 bits per heavy atom. The third kappa shape index (κ3) is 2.78. The Labute approximate surface area is 122 Å². The van der Waals surface area contributed by atoms with E-state index in [1.54, 1.807) is 24.3 Å². The molecule has 2 rings (SSSR count). The lowest BCUT2D eigenvalue weighted by Crippen LogP contribution is -2.04. The van der Waals surface area contributed by atoms with Gasteiger partial charge >= 0.3 is 0 Å². The quantitative estimate of drug-likeness (QED) is 0.821. The molecule has 0 fully saturated rings. The van der Waals surface area contributed by atoms with E-state index in [1.807, 2.05) is 13.8 Å². The first-order chi connectivity index (χ1) is 8.82. The van der Waals surface area contributed by atoms with Crippen LogP contribution in [-0.4, -0.2) is 8.42 Å². The molecule has 0 aliphatic heterocycles. The highest BCUT2D eigenvalue weighted by Gasteiger charge is 2.23. The normalized spacial score (nSPS) is 11.6. The van der Waals surface area contributed by atoms with Crippen molar-refractivity contribution in [2.75, 3.05) is 0 Å². The van der Waals surface area contributed by atoms with Crippen LogP contribution in [-0.2, 0) is 9.84 Å². The van der Waals surface area contributed by atoms with Crippen LogP contribution in [0.5, 0.6) is 0 Å². The highest BCUT2D eigenvalue weighted by atomic mass is 35.5. The van der Waals surface area contributed by atoms with Gasteiger partial charge in [0.15, 0.2) is 0 Å². The topological polar surface area (TPSA) is 34.1 Å². The molecule has 0 unspecified atom stereocenters. The Hall–Kier alpha value is -1.03. The van der Waals surface area contributed by atoms with Crippen LogP contribution in [0.15, 0.2) is 46.2 Å². The number of rotatable bonds is 2. The molecule has 0 amide bonds. The van der Waals surface area contributed by atoms with Gasteiger partial charge in [0.05, 0.1) is 19.8 Å². The molecule has 0 spiro atoms. The monoisotopic (exact) mass is 314 g/mol. The molecule has 100 valence electrons. The molecule has 2 aromatic carbocycles. The minimum absolute atomic E-state index is 0.0746. The van der Waals surface area contributed by atoms with Crippen molar-refractivity contribution in [3.63, 3.8) is 0 Å². The highest BCUT2D eigenvalue weighted by molar-refractivity contribution is 7.91. The molecule has 0 aromatic heterocycles. The summed E-state index contributed by atoms with van der Waals surface area (Å²) in [6, 6.07) is 9.67. The summed E-state index contributed by atoms with van der Waals surface area (Å²) < 4.78 is 25.1. The number of hydrogen-bond acceptors (Lipinski definition) is 2. The number of hydrogen-bond donors (Lipinski definition) is 0. The van der Waals surface area contributed by atoms with Crippen LogP contribution in [0.4, 0.5) is 0 Å². The molecule has 0 aliphatic carbocycles. The van der Waals surface area contributed by atoms with E-state index in [1.165, 1.54) is 12.1 Å². The van der Waals surface area contributed by atoms with Crippen molar-refractivity contribution in [2.24, 2.45) is 0 Å². The molecule has 0 radical (unpaired) electrons. The van der Waals surface area contributed by atoms with Gasteiger partial charge in [-0.2, -0.15) is 0 Å². The van der Waals surface area contributed by atoms with Crippen molar-refractivity contribution in [3.05, 3.63) is 57.6 Å². The van der Waals surface area contributed by atoms with E-state index in [4.69, 9.17) is 23.2 Å². The Morgan fingerprint density at radius 3 is 1.47 bits per heavy atom. The van der Waals surface area contributed by atoms with Crippen LogP contribution in [0.25, 0.3) is 0 Å². The zero-order valence-electron chi connectivity index (χ0n) is 10.4. The van der Waals surface area contributed by atoms with Crippen LogP contribution in [0.3, 0.4) is 0 Å². The van der Waals surface area contributed by atoms with Crippen LogP contribution in [0.2, 0.25) is 10.0 Å². The van der Waals surface area contributed by atoms with Crippen molar-refractivity contribution in [1.29, 1.82) is 0 Å². The first-order valence-electron chi connectivity index (χ1n) is 5.60. The lowest BCUT2D eigenvalue weighted by Gasteiger charge is -2.09. The SMILES string of the molecule is Cc1ccc(S(=O)(=O)c2ccc(C)cc2Cl)c(Cl)c1. The predicted octanol–water partition coefficient (Wildman–Crippen LogP) is 4.44. The molecule has 0 bridgehead atoms. The third-order valence-corrected chi connectivity index (χ3v) is 5.47. The number of halogens is 2. The molecular weight excluding hydrogens is 303 g/mol. The smallest absolute Gasteiger partial charge is 0.209 e. The summed E-state index contributed by atoms with van der Waals surface area (Å²) in [6.45, 7) is 3.70. The fourth-order valence-electron chi connectivity index (χ4n) is 1.77. The van der Waals surface area contributed by atoms with Gasteiger partial charge in [-0.05, 0) is 49.2 Å². The van der Waals surface area contributed by atoms with Gasteiger partial charge in [0.2, 0.25) is 9.84 Å². The van der Waals surface area contributed by atoms with Crippen LogP contribution >= 0.6 is 23.2 Å². The molecule has 5 heteroatoms. The van der Waals surface area contributed by atoms with Crippen LogP contribution < -0.4 is 0 Å². The summed E-state index contributed by atoms with van der Waals surface area (Å²) in [5.74, 6) is 0. The number of benzene rings is 2. The molecule has 0 aliphatic rings. The maximum absolute atomic E-state index is 12.5. The molecular formula is C14H12Cl2O2S. The Kier molecular flexibility index (Phi) is 3.90. The van der Waals surface area contributed by atoms with E-state index in [2.05, 4.69) is 0 Å². The van der Waals surface area contributed by atoms with Crippen molar-refractivity contribution < 1.29 is 8.42 Å². The fourth-order valence-corrected chi connectivity index (χ4v) is 4.21. The molecule has 19 heavy (non-hydrogen) atoms. The maximum Gasteiger partial charge on any atom is 0.209 e. The Morgan fingerprint density at radius 2 is 1.16 bits per heavy atom. The Balaban J connectivity index is 2.65. The van der Waals surface area contributed by atoms with E-state index < -0.39 is 9.84 Å². The van der Waals surface area contributed by atoms with Crippen LogP contribution in [0.1, 0.15) is 11.1 Å². The lowest BCUT2D eigenvalue weighted by atomic mass is 10.2. The van der Waals surface area contributed by atoms with Gasteiger partial charge in [-0.15, -0.1) is 0 Å². The van der Waals surface area contributed by atoms with Gasteiger partial charge in [-0.1, -0.05) is 35.3 Å². The second-order valence-corrected chi connectivity index (χ2v) is 7.07. The number of aryl methyl sites for hydroxylation is 2. The zero-order valence-corrected chi connectivity index (χ0v) is 12.8. The summed E-state index contributed by atoms with van der Waals surface area (Å²) in [7, 11) is -3.70. The summed E-state index contributed by atoms with van der Waals surface area (Å²) in [5.41, 5.74) is 1.80. The second kappa shape index (κ2) is 5.16. The van der Waals surface area contributed by atoms with Gasteiger partial charge in [0, 0.05) is 0 Å². The van der Waals surface area contributed by atoms with Crippen molar-refractivity contribution in [2.45, 2.75) is 23.6 Å². The average Bonchev–Trinajstić information content (AvgIpc) is 2.27. The standard InChI is InChI=1S/C14H12Cl2O2S/c1-9-3-5-13(11(15)7-9)19(17,18)14-6-4-10(2)8-12(14)16/h3-8H,1-2H3. The molecule has 2 aromatic rings. The minimum atomic E-state index is -3.70. The fraction of sp³-hybridized carbons (Fsp3) is 0.143. The van der Waals surface area contributed by atoms with Crippen molar-refractivity contribution in [3.8, 4) is 0 Å². The highest BCUT2D eigenvalue weighted by Crippen LogP contribution is 2.32. The van der Waals surface area contributed by atoms with Gasteiger partial charge < -0.3 is 0 Å². The Bertz CT molecular complexity index is 680. The average molecular weight is 315 g/mol. The lowest BCUT2D eigenvalue weighted by molar-refractivity contribution is 0.596. The van der Waals surface area contributed by atoms with Gasteiger partial charge in [-0.25, -0.2) is 8.42 Å². The van der Waals surface area contributed by atoms with Gasteiger partial charge in [-0.3, -0.25) is 0 Å². The zero-order chi connectivity index (χ0) is 14.2. The number of sulfone groups is 1. The van der Waals surface area contributed by atoms with E-state index >= 15 is 0 Å². The summed E-state index contributed by atoms with van der Waals surface area (Å²) in [4.78, 5) is 0.149. The van der Waals surface area contributed by atoms with Crippen molar-refractivity contribution >= 4 is 33.0 Å². The molecule has 0 saturated carbocycles. The third-order valence-electron chi connectivity index (χ3n) is 2.75. The predicted molar refractivity (Wildman–Crippen MR) is 77.8 cm³/mol. The molecule has 0 atom stereocenters.